The van der Waals surface area contributed by atoms with Gasteiger partial charge in [-0.05, 0) is 22.4 Å². The highest BCUT2D eigenvalue weighted by atomic mass is 79.9. The van der Waals surface area contributed by atoms with Crippen LogP contribution in [-0.4, -0.2) is 12.5 Å². The normalized spacial score (nSPS) is 9.83. The zero-order valence-electron chi connectivity index (χ0n) is 6.76. The maximum Gasteiger partial charge on any atom is 0.254 e. The molecule has 0 fully saturated rings. The first-order valence-electron chi connectivity index (χ1n) is 3.76. The van der Waals surface area contributed by atoms with Gasteiger partial charge in [0.25, 0.3) is 5.91 Å². The summed E-state index contributed by atoms with van der Waals surface area (Å²) < 4.78 is 5.49. The van der Waals surface area contributed by atoms with Gasteiger partial charge in [0.15, 0.2) is 4.67 Å². The third kappa shape index (κ3) is 2.37. The fourth-order valence-corrected chi connectivity index (χ4v) is 1.11. The first-order valence-corrected chi connectivity index (χ1v) is 4.55. The van der Waals surface area contributed by atoms with Crippen LogP contribution in [0.2, 0.25) is 0 Å². The monoisotopic (exact) mass is 231 g/mol. The Bertz CT molecular complexity index is 270. The average molecular weight is 232 g/mol. The Morgan fingerprint density at radius 3 is 3.00 bits per heavy atom. The molecule has 0 spiro atoms. The third-order valence-corrected chi connectivity index (χ3v) is 1.78. The molecule has 0 atom stereocenters. The number of rotatable bonds is 3. The highest BCUT2D eigenvalue weighted by Crippen LogP contribution is 2.13. The summed E-state index contributed by atoms with van der Waals surface area (Å²) in [4.78, 5) is 11.2. The van der Waals surface area contributed by atoms with E-state index in [9.17, 15) is 4.79 Å². The molecular weight excluding hydrogens is 222 g/mol. The lowest BCUT2D eigenvalue weighted by molar-refractivity contribution is 0.0953. The Morgan fingerprint density at radius 2 is 2.50 bits per heavy atom. The summed E-state index contributed by atoms with van der Waals surface area (Å²) in [5.41, 5.74) is 0.551. The number of furan rings is 1. The van der Waals surface area contributed by atoms with Crippen molar-refractivity contribution in [2.24, 2.45) is 0 Å². The number of nitrogens with one attached hydrogen (secondary N) is 1. The number of hydrogen-bond acceptors (Lipinski definition) is 2. The Kier molecular flexibility index (Phi) is 3.34. The Hall–Kier alpha value is -0.770. The van der Waals surface area contributed by atoms with E-state index >= 15 is 0 Å². The zero-order chi connectivity index (χ0) is 8.97. The van der Waals surface area contributed by atoms with Crippen molar-refractivity contribution in [2.75, 3.05) is 6.54 Å². The lowest BCUT2D eigenvalue weighted by Crippen LogP contribution is -2.23. The van der Waals surface area contributed by atoms with Crippen molar-refractivity contribution in [3.63, 3.8) is 0 Å². The van der Waals surface area contributed by atoms with Gasteiger partial charge in [0.2, 0.25) is 0 Å². The second-order valence-corrected chi connectivity index (χ2v) is 3.18. The van der Waals surface area contributed by atoms with Gasteiger partial charge >= 0.3 is 0 Å². The second kappa shape index (κ2) is 4.30. The van der Waals surface area contributed by atoms with Gasteiger partial charge in [0, 0.05) is 12.6 Å². The van der Waals surface area contributed by atoms with Crippen molar-refractivity contribution in [1.82, 2.24) is 5.32 Å². The third-order valence-electron chi connectivity index (χ3n) is 1.37. The summed E-state index contributed by atoms with van der Waals surface area (Å²) in [6, 6.07) is 1.64. The molecule has 0 aliphatic heterocycles. The van der Waals surface area contributed by atoms with Crippen LogP contribution in [0.4, 0.5) is 0 Å². The van der Waals surface area contributed by atoms with Gasteiger partial charge in [-0.1, -0.05) is 6.92 Å². The number of amides is 1. The van der Waals surface area contributed by atoms with E-state index in [2.05, 4.69) is 21.2 Å². The van der Waals surface area contributed by atoms with Crippen LogP contribution < -0.4 is 5.32 Å². The maximum absolute atomic E-state index is 11.2. The van der Waals surface area contributed by atoms with E-state index < -0.39 is 0 Å². The lowest BCUT2D eigenvalue weighted by atomic mass is 10.3. The molecule has 4 heteroatoms. The molecule has 0 aliphatic carbocycles. The summed E-state index contributed by atoms with van der Waals surface area (Å²) in [6.07, 6.45) is 2.36. The average Bonchev–Trinajstić information content (AvgIpc) is 2.47. The van der Waals surface area contributed by atoms with Gasteiger partial charge in [-0.2, -0.15) is 0 Å². The molecule has 1 amide bonds. The molecule has 1 heterocycles. The fourth-order valence-electron chi connectivity index (χ4n) is 0.770. The van der Waals surface area contributed by atoms with Crippen LogP contribution in [0.15, 0.2) is 21.4 Å². The predicted octanol–water partition coefficient (Wildman–Crippen LogP) is 2.18. The molecule has 0 aromatic carbocycles. The largest absolute Gasteiger partial charge is 0.457 e. The quantitative estimate of drug-likeness (QED) is 0.867. The van der Waals surface area contributed by atoms with E-state index in [4.69, 9.17) is 4.42 Å². The molecule has 0 unspecified atom stereocenters. The van der Waals surface area contributed by atoms with Gasteiger partial charge in [0.1, 0.15) is 6.26 Å². The molecule has 12 heavy (non-hydrogen) atoms. The number of carbonyl (C=O) groups is 1. The summed E-state index contributed by atoms with van der Waals surface area (Å²) in [7, 11) is 0. The highest BCUT2D eigenvalue weighted by Gasteiger charge is 2.06. The molecule has 1 aromatic heterocycles. The first kappa shape index (κ1) is 9.32. The van der Waals surface area contributed by atoms with Crippen LogP contribution in [0.1, 0.15) is 23.7 Å². The first-order chi connectivity index (χ1) is 5.74. The second-order valence-electron chi connectivity index (χ2n) is 2.40. The van der Waals surface area contributed by atoms with Gasteiger partial charge in [-0.25, -0.2) is 0 Å². The number of carbonyl (C=O) groups excluding carboxylic acids is 1. The van der Waals surface area contributed by atoms with Crippen LogP contribution in [-0.2, 0) is 0 Å². The van der Waals surface area contributed by atoms with E-state index in [1.165, 1.54) is 6.26 Å². The number of hydrogen-bond donors (Lipinski definition) is 1. The smallest absolute Gasteiger partial charge is 0.254 e. The molecule has 1 N–H and O–H groups in total. The summed E-state index contributed by atoms with van der Waals surface area (Å²) >= 11 is 3.12. The predicted molar refractivity (Wildman–Crippen MR) is 49.0 cm³/mol. The van der Waals surface area contributed by atoms with Gasteiger partial charge in [-0.3, -0.25) is 4.79 Å². The Balaban J connectivity index is 2.53. The minimum absolute atomic E-state index is 0.0914. The van der Waals surface area contributed by atoms with Crippen molar-refractivity contribution >= 4 is 21.8 Å². The molecule has 0 radical (unpaired) electrons. The van der Waals surface area contributed by atoms with Crippen molar-refractivity contribution < 1.29 is 9.21 Å². The molecule has 0 saturated carbocycles. The molecule has 0 saturated heterocycles. The standard InChI is InChI=1S/C8H10BrNO2/c1-2-3-10-8(11)6-4-7(9)12-5-6/h4-5H,2-3H2,1H3,(H,10,11). The van der Waals surface area contributed by atoms with E-state index in [1.54, 1.807) is 6.07 Å². The topological polar surface area (TPSA) is 42.2 Å². The molecule has 1 aromatic rings. The van der Waals surface area contributed by atoms with Crippen molar-refractivity contribution in [2.45, 2.75) is 13.3 Å². The van der Waals surface area contributed by atoms with Crippen molar-refractivity contribution in [3.8, 4) is 0 Å². The van der Waals surface area contributed by atoms with Crippen molar-refractivity contribution in [1.29, 1.82) is 0 Å². The molecule has 0 bridgehead atoms. The van der Waals surface area contributed by atoms with Gasteiger partial charge in [-0.15, -0.1) is 0 Å². The van der Waals surface area contributed by atoms with E-state index in [-0.39, 0.29) is 5.91 Å². The Morgan fingerprint density at radius 1 is 1.75 bits per heavy atom. The van der Waals surface area contributed by atoms with Crippen molar-refractivity contribution in [3.05, 3.63) is 22.6 Å². The van der Waals surface area contributed by atoms with E-state index in [0.717, 1.165) is 6.42 Å². The minimum Gasteiger partial charge on any atom is -0.457 e. The van der Waals surface area contributed by atoms with Gasteiger partial charge < -0.3 is 9.73 Å². The summed E-state index contributed by atoms with van der Waals surface area (Å²) in [6.45, 7) is 2.70. The summed E-state index contributed by atoms with van der Waals surface area (Å²) in [5.74, 6) is -0.0914. The molecular formula is C8H10BrNO2. The minimum atomic E-state index is -0.0914. The maximum atomic E-state index is 11.2. The number of halogens is 1. The fraction of sp³-hybridized carbons (Fsp3) is 0.375. The van der Waals surface area contributed by atoms with Gasteiger partial charge in [0.05, 0.1) is 5.56 Å². The lowest BCUT2D eigenvalue weighted by Gasteiger charge is -1.98. The SMILES string of the molecule is CCCNC(=O)c1coc(Br)c1. The summed E-state index contributed by atoms with van der Waals surface area (Å²) in [5, 5.41) is 2.74. The van der Waals surface area contributed by atoms with E-state index in [0.29, 0.717) is 16.8 Å². The Labute approximate surface area is 79.3 Å². The molecule has 0 aliphatic rings. The van der Waals surface area contributed by atoms with Crippen LogP contribution in [0.5, 0.6) is 0 Å². The highest BCUT2D eigenvalue weighted by molar-refractivity contribution is 9.10. The molecule has 3 nitrogen and oxygen atoms in total. The molecule has 66 valence electrons. The van der Waals surface area contributed by atoms with Crippen LogP contribution >= 0.6 is 15.9 Å². The van der Waals surface area contributed by atoms with Crippen LogP contribution in [0.25, 0.3) is 0 Å². The van der Waals surface area contributed by atoms with E-state index in [1.807, 2.05) is 6.92 Å². The zero-order valence-corrected chi connectivity index (χ0v) is 8.35. The van der Waals surface area contributed by atoms with Crippen LogP contribution in [0.3, 0.4) is 0 Å². The molecule has 1 rings (SSSR count). The van der Waals surface area contributed by atoms with Crippen LogP contribution in [0, 0.1) is 0 Å².